The van der Waals surface area contributed by atoms with Crippen LogP contribution in [0.4, 0.5) is 0 Å². The van der Waals surface area contributed by atoms with Crippen LogP contribution in [-0.2, 0) is 28.6 Å². The summed E-state index contributed by atoms with van der Waals surface area (Å²) in [5.41, 5.74) is 0. The van der Waals surface area contributed by atoms with E-state index in [1.54, 1.807) is 0 Å². The van der Waals surface area contributed by atoms with E-state index in [0.29, 0.717) is 19.3 Å². The highest BCUT2D eigenvalue weighted by Crippen LogP contribution is 2.18. The zero-order valence-electron chi connectivity index (χ0n) is 52.3. The maximum Gasteiger partial charge on any atom is 0.306 e. The molecule has 77 heavy (non-hydrogen) atoms. The summed E-state index contributed by atoms with van der Waals surface area (Å²) in [5.74, 6) is -0.850. The van der Waals surface area contributed by atoms with Crippen LogP contribution < -0.4 is 0 Å². The molecule has 0 saturated carbocycles. The molecule has 1 atom stereocenters. The Labute approximate surface area is 481 Å². The summed E-state index contributed by atoms with van der Waals surface area (Å²) in [6, 6.07) is 0. The molecule has 0 aliphatic carbocycles. The second-order valence-electron chi connectivity index (χ2n) is 23.8. The Morgan fingerprint density at radius 3 is 0.649 bits per heavy atom. The molecule has 0 aliphatic rings. The van der Waals surface area contributed by atoms with Crippen molar-refractivity contribution in [2.75, 3.05) is 13.2 Å². The molecule has 1 unspecified atom stereocenters. The van der Waals surface area contributed by atoms with Gasteiger partial charge in [0.1, 0.15) is 13.2 Å². The fraction of sp³-hybridized carbons (Fsp3) is 0.901. The molecule has 6 heteroatoms. The predicted octanol–water partition coefficient (Wildman–Crippen LogP) is 23.8. The Morgan fingerprint density at radius 2 is 0.429 bits per heavy atom. The van der Waals surface area contributed by atoms with Crippen LogP contribution in [0.5, 0.6) is 0 Å². The molecule has 0 radical (unpaired) electrons. The van der Waals surface area contributed by atoms with Crippen molar-refractivity contribution in [3.8, 4) is 0 Å². The van der Waals surface area contributed by atoms with Gasteiger partial charge in [-0.3, -0.25) is 14.4 Å². The van der Waals surface area contributed by atoms with Crippen molar-refractivity contribution in [3.05, 3.63) is 24.3 Å². The van der Waals surface area contributed by atoms with Crippen molar-refractivity contribution in [1.82, 2.24) is 0 Å². The van der Waals surface area contributed by atoms with Crippen LogP contribution in [-0.4, -0.2) is 37.2 Å². The third-order valence-electron chi connectivity index (χ3n) is 15.9. The Kier molecular flexibility index (Phi) is 64.6. The number of ether oxygens (including phenoxy) is 3. The van der Waals surface area contributed by atoms with Gasteiger partial charge in [0, 0.05) is 19.3 Å². The fourth-order valence-electron chi connectivity index (χ4n) is 10.7. The minimum atomic E-state index is -0.771. The monoisotopic (exact) mass is 1080 g/mol. The molecule has 0 bridgehead atoms. The quantitative estimate of drug-likeness (QED) is 0.0261. The maximum absolute atomic E-state index is 12.9. The predicted molar refractivity (Wildman–Crippen MR) is 335 cm³/mol. The minimum Gasteiger partial charge on any atom is -0.462 e. The largest absolute Gasteiger partial charge is 0.462 e. The molecule has 0 rings (SSSR count). The molecular formula is C71H134O6. The molecule has 0 aromatic heterocycles. The number of carbonyl (C=O) groups excluding carboxylic acids is 3. The second-order valence-corrected chi connectivity index (χ2v) is 23.8. The van der Waals surface area contributed by atoms with Gasteiger partial charge in [0.15, 0.2) is 6.10 Å². The van der Waals surface area contributed by atoms with Crippen LogP contribution in [0, 0.1) is 0 Å². The fourth-order valence-corrected chi connectivity index (χ4v) is 10.7. The molecule has 0 amide bonds. The van der Waals surface area contributed by atoms with Crippen molar-refractivity contribution >= 4 is 17.9 Å². The van der Waals surface area contributed by atoms with Crippen molar-refractivity contribution in [2.24, 2.45) is 0 Å². The van der Waals surface area contributed by atoms with Gasteiger partial charge >= 0.3 is 17.9 Å². The average molecular weight is 1080 g/mol. The van der Waals surface area contributed by atoms with Gasteiger partial charge in [-0.1, -0.05) is 328 Å². The first-order chi connectivity index (χ1) is 38.0. The lowest BCUT2D eigenvalue weighted by Crippen LogP contribution is -2.30. The highest BCUT2D eigenvalue weighted by atomic mass is 16.6. The van der Waals surface area contributed by atoms with Gasteiger partial charge in [0.2, 0.25) is 0 Å². The molecule has 6 nitrogen and oxygen atoms in total. The lowest BCUT2D eigenvalue weighted by Gasteiger charge is -2.18. The molecule has 0 N–H and O–H groups in total. The highest BCUT2D eigenvalue weighted by molar-refractivity contribution is 5.71. The van der Waals surface area contributed by atoms with E-state index >= 15 is 0 Å². The van der Waals surface area contributed by atoms with E-state index in [2.05, 4.69) is 45.1 Å². The van der Waals surface area contributed by atoms with Crippen LogP contribution in [0.25, 0.3) is 0 Å². The third kappa shape index (κ3) is 64.6. The van der Waals surface area contributed by atoms with Crippen LogP contribution in [0.2, 0.25) is 0 Å². The summed E-state index contributed by atoms with van der Waals surface area (Å²) >= 11 is 0. The summed E-state index contributed by atoms with van der Waals surface area (Å²) < 4.78 is 16.9. The smallest absolute Gasteiger partial charge is 0.306 e. The van der Waals surface area contributed by atoms with Gasteiger partial charge in [0.25, 0.3) is 0 Å². The van der Waals surface area contributed by atoms with Gasteiger partial charge in [0.05, 0.1) is 0 Å². The van der Waals surface area contributed by atoms with Gasteiger partial charge in [-0.05, 0) is 70.6 Å². The number of rotatable bonds is 65. The van der Waals surface area contributed by atoms with Crippen LogP contribution in [0.1, 0.15) is 393 Å². The summed E-state index contributed by atoms with van der Waals surface area (Å²) in [6.45, 7) is 6.68. The number of unbranched alkanes of at least 4 members (excludes halogenated alkanes) is 50. The van der Waals surface area contributed by atoms with Crippen LogP contribution >= 0.6 is 0 Å². The lowest BCUT2D eigenvalue weighted by atomic mass is 10.0. The Hall–Kier alpha value is -2.11. The van der Waals surface area contributed by atoms with Crippen molar-refractivity contribution in [3.63, 3.8) is 0 Å². The van der Waals surface area contributed by atoms with Crippen molar-refractivity contribution in [1.29, 1.82) is 0 Å². The zero-order chi connectivity index (χ0) is 55.7. The van der Waals surface area contributed by atoms with Gasteiger partial charge in [-0.2, -0.15) is 0 Å². The first-order valence-electron chi connectivity index (χ1n) is 34.8. The van der Waals surface area contributed by atoms with Gasteiger partial charge in [-0.15, -0.1) is 0 Å². The number of esters is 3. The van der Waals surface area contributed by atoms with E-state index in [9.17, 15) is 14.4 Å². The Balaban J connectivity index is 4.04. The number of allylic oxidation sites excluding steroid dienone is 4. The molecular weight excluding hydrogens is 949 g/mol. The van der Waals surface area contributed by atoms with Crippen LogP contribution in [0.15, 0.2) is 24.3 Å². The van der Waals surface area contributed by atoms with E-state index in [4.69, 9.17) is 14.2 Å². The van der Waals surface area contributed by atoms with Gasteiger partial charge < -0.3 is 14.2 Å². The molecule has 0 fully saturated rings. The average Bonchev–Trinajstić information content (AvgIpc) is 3.43. The Morgan fingerprint density at radius 1 is 0.247 bits per heavy atom. The number of hydrogen-bond acceptors (Lipinski definition) is 6. The normalized spacial score (nSPS) is 12.1. The molecule has 454 valence electrons. The van der Waals surface area contributed by atoms with E-state index in [1.807, 2.05) is 0 Å². The first kappa shape index (κ1) is 74.9. The summed E-state index contributed by atoms with van der Waals surface area (Å²) in [5, 5.41) is 0. The standard InChI is InChI=1S/C71H134O6/c1-4-7-10-13-16-19-22-25-27-28-29-30-31-32-33-34-35-36-37-38-39-40-41-42-43-44-45-47-49-52-55-58-61-64-70(73)76-67-68(66-75-69(72)63-60-57-54-51-48-24-21-18-15-12-9-6-3)77-71(74)65-62-59-56-53-50-46-26-23-20-17-14-11-8-5-2/h23,26,28-29,68H,4-22,24-25,27,30-67H2,1-3H3/b26-23-,29-28-. The highest BCUT2D eigenvalue weighted by Gasteiger charge is 2.19. The number of carbonyl (C=O) groups is 3. The third-order valence-corrected chi connectivity index (χ3v) is 15.9. The number of hydrogen-bond donors (Lipinski definition) is 0. The zero-order valence-corrected chi connectivity index (χ0v) is 52.3. The van der Waals surface area contributed by atoms with E-state index in [-0.39, 0.29) is 31.1 Å². The van der Waals surface area contributed by atoms with E-state index in [0.717, 1.165) is 64.2 Å². The molecule has 0 heterocycles. The SMILES string of the molecule is CCCCCCC/C=C\CCCCCCCC(=O)OC(COC(=O)CCCCCCCCCCCCCC)COC(=O)CCCCCCCCCCCCCCCCCCCCCCC/C=C\CCCCCCCCCC. The van der Waals surface area contributed by atoms with Gasteiger partial charge in [-0.25, -0.2) is 0 Å². The molecule has 0 aromatic carbocycles. The van der Waals surface area contributed by atoms with E-state index in [1.165, 1.54) is 289 Å². The summed E-state index contributed by atoms with van der Waals surface area (Å²) in [6.07, 6.45) is 80.8. The summed E-state index contributed by atoms with van der Waals surface area (Å²) in [7, 11) is 0. The van der Waals surface area contributed by atoms with Crippen molar-refractivity contribution < 1.29 is 28.6 Å². The maximum atomic E-state index is 12.9. The van der Waals surface area contributed by atoms with E-state index < -0.39 is 6.10 Å². The molecule has 0 aliphatic heterocycles. The minimum absolute atomic E-state index is 0.0684. The molecule has 0 saturated heterocycles. The lowest BCUT2D eigenvalue weighted by molar-refractivity contribution is -0.167. The first-order valence-corrected chi connectivity index (χ1v) is 34.8. The molecule has 0 aromatic rings. The van der Waals surface area contributed by atoms with Crippen LogP contribution in [0.3, 0.4) is 0 Å². The Bertz CT molecular complexity index is 1240. The second kappa shape index (κ2) is 66.4. The summed E-state index contributed by atoms with van der Waals surface area (Å²) in [4.78, 5) is 38.2. The topological polar surface area (TPSA) is 78.9 Å². The molecule has 0 spiro atoms. The van der Waals surface area contributed by atoms with Crippen molar-refractivity contribution in [2.45, 2.75) is 399 Å².